The molecule has 2 heterocycles. The average molecular weight is 338 g/mol. The van der Waals surface area contributed by atoms with Gasteiger partial charge in [-0.25, -0.2) is 9.67 Å². The Morgan fingerprint density at radius 3 is 2.88 bits per heavy atom. The third kappa shape index (κ3) is 2.96. The Kier molecular flexibility index (Phi) is 4.10. The van der Waals surface area contributed by atoms with Crippen molar-refractivity contribution in [3.63, 3.8) is 0 Å². The van der Waals surface area contributed by atoms with E-state index in [1.807, 2.05) is 4.68 Å². The first-order chi connectivity index (χ1) is 12.1. The molecule has 0 radical (unpaired) electrons. The highest BCUT2D eigenvalue weighted by Crippen LogP contribution is 2.43. The molecular formula is C20H26N4O. The summed E-state index contributed by atoms with van der Waals surface area (Å²) in [5.41, 5.74) is 2.72. The van der Waals surface area contributed by atoms with Gasteiger partial charge in [-0.05, 0) is 42.2 Å². The third-order valence-electron chi connectivity index (χ3n) is 5.94. The SMILES string of the molecule is CC1(C)CCC(C(=O)N2CCCC(n3cncn3)C2)c2ccccc21. The smallest absolute Gasteiger partial charge is 0.230 e. The largest absolute Gasteiger partial charge is 0.340 e. The van der Waals surface area contributed by atoms with E-state index in [4.69, 9.17) is 0 Å². The molecule has 2 aromatic rings. The van der Waals surface area contributed by atoms with Crippen LogP contribution < -0.4 is 0 Å². The van der Waals surface area contributed by atoms with Crippen LogP contribution in [0.25, 0.3) is 0 Å². The van der Waals surface area contributed by atoms with Gasteiger partial charge in [0.2, 0.25) is 5.91 Å². The minimum Gasteiger partial charge on any atom is -0.340 e. The number of rotatable bonds is 2. The summed E-state index contributed by atoms with van der Waals surface area (Å²) in [6, 6.07) is 8.75. The van der Waals surface area contributed by atoms with Crippen LogP contribution in [0.5, 0.6) is 0 Å². The van der Waals surface area contributed by atoms with Gasteiger partial charge in [0.05, 0.1) is 12.0 Å². The maximum atomic E-state index is 13.3. The van der Waals surface area contributed by atoms with Gasteiger partial charge in [-0.1, -0.05) is 38.1 Å². The predicted molar refractivity (Wildman–Crippen MR) is 96.3 cm³/mol. The second-order valence-corrected chi connectivity index (χ2v) is 8.02. The van der Waals surface area contributed by atoms with Crippen LogP contribution in [0.15, 0.2) is 36.9 Å². The van der Waals surface area contributed by atoms with E-state index in [9.17, 15) is 4.79 Å². The normalized spacial score (nSPS) is 25.4. The first kappa shape index (κ1) is 16.3. The van der Waals surface area contributed by atoms with Crippen molar-refractivity contribution in [1.29, 1.82) is 0 Å². The van der Waals surface area contributed by atoms with Crippen LogP contribution in [0.4, 0.5) is 0 Å². The summed E-state index contributed by atoms with van der Waals surface area (Å²) >= 11 is 0. The molecule has 0 N–H and O–H groups in total. The van der Waals surface area contributed by atoms with Crippen molar-refractivity contribution in [2.75, 3.05) is 13.1 Å². The fraction of sp³-hybridized carbons (Fsp3) is 0.550. The monoisotopic (exact) mass is 338 g/mol. The molecule has 0 saturated carbocycles. The standard InChI is InChI=1S/C20H26N4O/c1-20(2)10-9-17(16-7-3-4-8-18(16)20)19(25)23-11-5-6-15(12-23)24-14-21-13-22-24/h3-4,7-8,13-15,17H,5-6,9-12H2,1-2H3. The number of hydrogen-bond donors (Lipinski definition) is 0. The molecule has 1 saturated heterocycles. The number of benzene rings is 1. The number of aromatic nitrogens is 3. The predicted octanol–water partition coefficient (Wildman–Crippen LogP) is 3.30. The lowest BCUT2D eigenvalue weighted by molar-refractivity contribution is -0.135. The zero-order valence-electron chi connectivity index (χ0n) is 15.1. The molecule has 132 valence electrons. The molecule has 5 heteroatoms. The second kappa shape index (κ2) is 6.28. The van der Waals surface area contributed by atoms with Crippen molar-refractivity contribution in [2.24, 2.45) is 0 Å². The fourth-order valence-electron chi connectivity index (χ4n) is 4.47. The number of nitrogens with zero attached hydrogens (tertiary/aromatic N) is 4. The van der Waals surface area contributed by atoms with Gasteiger partial charge in [0.1, 0.15) is 12.7 Å². The molecule has 1 aliphatic heterocycles. The van der Waals surface area contributed by atoms with Gasteiger partial charge in [-0.3, -0.25) is 4.79 Å². The summed E-state index contributed by atoms with van der Waals surface area (Å²) in [7, 11) is 0. The molecule has 4 rings (SSSR count). The lowest BCUT2D eigenvalue weighted by Crippen LogP contribution is -2.44. The number of carbonyl (C=O) groups is 1. The van der Waals surface area contributed by atoms with E-state index in [1.54, 1.807) is 12.7 Å². The highest BCUT2D eigenvalue weighted by Gasteiger charge is 2.38. The van der Waals surface area contributed by atoms with Crippen molar-refractivity contribution in [3.8, 4) is 0 Å². The summed E-state index contributed by atoms with van der Waals surface area (Å²) in [5.74, 6) is 0.284. The fourth-order valence-corrected chi connectivity index (χ4v) is 4.47. The Balaban J connectivity index is 1.57. The van der Waals surface area contributed by atoms with E-state index in [1.165, 1.54) is 11.1 Å². The molecule has 5 nitrogen and oxygen atoms in total. The van der Waals surface area contributed by atoms with E-state index in [0.29, 0.717) is 0 Å². The van der Waals surface area contributed by atoms with Gasteiger partial charge >= 0.3 is 0 Å². The number of hydrogen-bond acceptors (Lipinski definition) is 3. The van der Waals surface area contributed by atoms with Crippen molar-refractivity contribution < 1.29 is 4.79 Å². The molecule has 1 fully saturated rings. The molecule has 1 aromatic carbocycles. The molecule has 0 bridgehead atoms. The third-order valence-corrected chi connectivity index (χ3v) is 5.94. The van der Waals surface area contributed by atoms with Crippen molar-refractivity contribution >= 4 is 5.91 Å². The van der Waals surface area contributed by atoms with E-state index in [0.717, 1.165) is 38.8 Å². The summed E-state index contributed by atoms with van der Waals surface area (Å²) in [6.07, 6.45) is 7.41. The molecule has 0 spiro atoms. The van der Waals surface area contributed by atoms with Gasteiger partial charge in [0.15, 0.2) is 0 Å². The first-order valence-electron chi connectivity index (χ1n) is 9.28. The molecule has 25 heavy (non-hydrogen) atoms. The zero-order valence-corrected chi connectivity index (χ0v) is 15.1. The van der Waals surface area contributed by atoms with E-state index in [2.05, 4.69) is 53.1 Å². The Morgan fingerprint density at radius 2 is 2.08 bits per heavy atom. The zero-order chi connectivity index (χ0) is 17.4. The Bertz CT molecular complexity index is 753. The molecule has 2 aliphatic rings. The Labute approximate surface area is 149 Å². The number of piperidine rings is 1. The quantitative estimate of drug-likeness (QED) is 0.844. The molecule has 2 atom stereocenters. The number of amides is 1. The molecule has 1 amide bonds. The maximum absolute atomic E-state index is 13.3. The summed E-state index contributed by atoms with van der Waals surface area (Å²) < 4.78 is 1.90. The lowest BCUT2D eigenvalue weighted by atomic mass is 9.68. The summed E-state index contributed by atoms with van der Waals surface area (Å²) in [4.78, 5) is 19.4. The summed E-state index contributed by atoms with van der Waals surface area (Å²) in [5, 5.41) is 4.27. The maximum Gasteiger partial charge on any atom is 0.230 e. The van der Waals surface area contributed by atoms with Gasteiger partial charge in [0, 0.05) is 13.1 Å². The van der Waals surface area contributed by atoms with Crippen LogP contribution in [0.3, 0.4) is 0 Å². The average Bonchev–Trinajstić information content (AvgIpc) is 3.16. The summed E-state index contributed by atoms with van der Waals surface area (Å²) in [6.45, 7) is 6.17. The lowest BCUT2D eigenvalue weighted by Gasteiger charge is -2.40. The van der Waals surface area contributed by atoms with Crippen LogP contribution >= 0.6 is 0 Å². The van der Waals surface area contributed by atoms with Gasteiger partial charge in [-0.2, -0.15) is 5.10 Å². The van der Waals surface area contributed by atoms with Crippen molar-refractivity contribution in [3.05, 3.63) is 48.0 Å². The number of likely N-dealkylation sites (tertiary alicyclic amines) is 1. The van der Waals surface area contributed by atoms with Crippen molar-refractivity contribution in [1.82, 2.24) is 19.7 Å². The number of fused-ring (bicyclic) bond motifs is 1. The highest BCUT2D eigenvalue weighted by atomic mass is 16.2. The molecule has 1 aliphatic carbocycles. The van der Waals surface area contributed by atoms with Crippen molar-refractivity contribution in [2.45, 2.75) is 56.9 Å². The van der Waals surface area contributed by atoms with Gasteiger partial charge in [-0.15, -0.1) is 0 Å². The minimum absolute atomic E-state index is 0.00118. The van der Waals surface area contributed by atoms with Gasteiger partial charge < -0.3 is 4.90 Å². The van der Waals surface area contributed by atoms with Crippen LogP contribution in [-0.4, -0.2) is 38.7 Å². The first-order valence-corrected chi connectivity index (χ1v) is 9.28. The van der Waals surface area contributed by atoms with Crippen LogP contribution in [-0.2, 0) is 10.2 Å². The van der Waals surface area contributed by atoms with Crippen LogP contribution in [0, 0.1) is 0 Å². The second-order valence-electron chi connectivity index (χ2n) is 8.02. The van der Waals surface area contributed by atoms with E-state index in [-0.39, 0.29) is 23.3 Å². The molecule has 1 aromatic heterocycles. The molecule has 2 unspecified atom stereocenters. The van der Waals surface area contributed by atoms with Gasteiger partial charge in [0.25, 0.3) is 0 Å². The van der Waals surface area contributed by atoms with Crippen LogP contribution in [0.2, 0.25) is 0 Å². The number of carbonyl (C=O) groups excluding carboxylic acids is 1. The van der Waals surface area contributed by atoms with E-state index >= 15 is 0 Å². The topological polar surface area (TPSA) is 51.0 Å². The van der Waals surface area contributed by atoms with Crippen LogP contribution in [0.1, 0.15) is 62.6 Å². The highest BCUT2D eigenvalue weighted by molar-refractivity contribution is 5.84. The Morgan fingerprint density at radius 1 is 1.24 bits per heavy atom. The van der Waals surface area contributed by atoms with E-state index < -0.39 is 0 Å². The molecular weight excluding hydrogens is 312 g/mol. The minimum atomic E-state index is -0.00118. The Hall–Kier alpha value is -2.17.